The minimum absolute atomic E-state index is 0.502. The molecule has 1 atom stereocenters. The number of thiophene rings is 1. The lowest BCUT2D eigenvalue weighted by atomic mass is 9.92. The third-order valence-corrected chi connectivity index (χ3v) is 9.13. The van der Waals surface area contributed by atoms with E-state index in [1.165, 1.54) is 58.7 Å². The fourth-order valence-corrected chi connectivity index (χ4v) is 7.34. The van der Waals surface area contributed by atoms with Gasteiger partial charge in [-0.1, -0.05) is 104 Å². The SMILES string of the molecule is C[C@@H]1C=CC=C(c2cc(-c3ccccc3)cc(-n3c4ccccc4c4ccc5c6ccccc6sc5c43)n2)C1. The largest absolute Gasteiger partial charge is 0.292 e. The summed E-state index contributed by atoms with van der Waals surface area (Å²) in [6, 6.07) is 37.3. The number of fused-ring (bicyclic) bond motifs is 7. The zero-order valence-electron chi connectivity index (χ0n) is 21.6. The molecule has 3 heteroatoms. The van der Waals surface area contributed by atoms with E-state index in [2.05, 4.69) is 133 Å². The molecule has 4 aromatic carbocycles. The molecule has 0 spiro atoms. The molecule has 0 amide bonds. The van der Waals surface area contributed by atoms with Crippen LogP contribution in [0.3, 0.4) is 0 Å². The molecule has 0 unspecified atom stereocenters. The Labute approximate surface area is 231 Å². The summed E-state index contributed by atoms with van der Waals surface area (Å²) in [5.41, 5.74) is 7.16. The number of benzene rings is 4. The number of hydrogen-bond acceptors (Lipinski definition) is 2. The monoisotopic (exact) mass is 518 g/mol. The summed E-state index contributed by atoms with van der Waals surface area (Å²) in [4.78, 5) is 5.39. The number of nitrogens with zero attached hydrogens (tertiary/aromatic N) is 2. The summed E-state index contributed by atoms with van der Waals surface area (Å²) >= 11 is 1.88. The molecule has 3 heterocycles. The minimum atomic E-state index is 0.502. The molecule has 3 aromatic heterocycles. The second-order valence-corrected chi connectivity index (χ2v) is 11.6. The van der Waals surface area contributed by atoms with E-state index in [-0.39, 0.29) is 0 Å². The van der Waals surface area contributed by atoms with Gasteiger partial charge in [0.25, 0.3) is 0 Å². The molecule has 7 aromatic rings. The van der Waals surface area contributed by atoms with Gasteiger partial charge in [0.05, 0.1) is 21.4 Å². The number of rotatable bonds is 3. The average Bonchev–Trinajstić information content (AvgIpc) is 3.53. The first-order chi connectivity index (χ1) is 19.2. The maximum atomic E-state index is 5.39. The molecular formula is C36H26N2S. The van der Waals surface area contributed by atoms with E-state index in [4.69, 9.17) is 4.98 Å². The second kappa shape index (κ2) is 8.79. The second-order valence-electron chi connectivity index (χ2n) is 10.5. The van der Waals surface area contributed by atoms with Crippen LogP contribution in [0.15, 0.2) is 121 Å². The van der Waals surface area contributed by atoms with Gasteiger partial charge in [-0.15, -0.1) is 11.3 Å². The Morgan fingerprint density at radius 3 is 2.38 bits per heavy atom. The van der Waals surface area contributed by atoms with E-state index >= 15 is 0 Å². The van der Waals surface area contributed by atoms with Gasteiger partial charge in [-0.05, 0) is 53.3 Å². The number of aromatic nitrogens is 2. The summed E-state index contributed by atoms with van der Waals surface area (Å²) < 4.78 is 5.03. The van der Waals surface area contributed by atoms with Crippen LogP contribution in [0.4, 0.5) is 0 Å². The topological polar surface area (TPSA) is 17.8 Å². The van der Waals surface area contributed by atoms with Gasteiger partial charge in [0.2, 0.25) is 0 Å². The Morgan fingerprint density at radius 2 is 1.51 bits per heavy atom. The number of hydrogen-bond donors (Lipinski definition) is 0. The normalized spacial score (nSPS) is 15.5. The summed E-state index contributed by atoms with van der Waals surface area (Å²) in [7, 11) is 0. The van der Waals surface area contributed by atoms with Crippen LogP contribution in [0.5, 0.6) is 0 Å². The van der Waals surface area contributed by atoms with Gasteiger partial charge in [0.1, 0.15) is 5.82 Å². The summed E-state index contributed by atoms with van der Waals surface area (Å²) in [5, 5.41) is 5.15. The van der Waals surface area contributed by atoms with Crippen molar-refractivity contribution in [1.29, 1.82) is 0 Å². The maximum absolute atomic E-state index is 5.39. The Hall–Kier alpha value is -4.47. The zero-order chi connectivity index (χ0) is 25.9. The molecule has 186 valence electrons. The first kappa shape index (κ1) is 22.5. The number of para-hydroxylation sites is 1. The van der Waals surface area contributed by atoms with Crippen LogP contribution in [-0.2, 0) is 0 Å². The molecule has 1 aliphatic rings. The number of pyridine rings is 1. The smallest absolute Gasteiger partial charge is 0.138 e. The van der Waals surface area contributed by atoms with Gasteiger partial charge in [-0.3, -0.25) is 4.57 Å². The van der Waals surface area contributed by atoms with E-state index < -0.39 is 0 Å². The molecule has 0 fully saturated rings. The molecule has 0 saturated heterocycles. The molecule has 0 bridgehead atoms. The lowest BCUT2D eigenvalue weighted by Gasteiger charge is -2.17. The highest BCUT2D eigenvalue weighted by Gasteiger charge is 2.20. The Kier molecular flexibility index (Phi) is 5.07. The third kappa shape index (κ3) is 3.58. The van der Waals surface area contributed by atoms with Crippen molar-refractivity contribution in [2.75, 3.05) is 0 Å². The van der Waals surface area contributed by atoms with Crippen LogP contribution in [0.1, 0.15) is 19.0 Å². The first-order valence-corrected chi connectivity index (χ1v) is 14.4. The predicted octanol–water partition coefficient (Wildman–Crippen LogP) is 10.2. The lowest BCUT2D eigenvalue weighted by Crippen LogP contribution is -2.04. The highest BCUT2D eigenvalue weighted by molar-refractivity contribution is 7.26. The van der Waals surface area contributed by atoms with Crippen LogP contribution in [-0.4, -0.2) is 9.55 Å². The van der Waals surface area contributed by atoms with Gasteiger partial charge in [-0.2, -0.15) is 0 Å². The van der Waals surface area contributed by atoms with Gasteiger partial charge < -0.3 is 0 Å². The Morgan fingerprint density at radius 1 is 0.744 bits per heavy atom. The van der Waals surface area contributed by atoms with Crippen LogP contribution in [0.25, 0.3) is 64.5 Å². The standard InChI is InChI=1S/C36H26N2S/c1-23-10-9-13-25(20-23)31-21-26(24-11-3-2-4-12-24)22-34(37-31)38-32-16-7-5-14-27(32)29-18-19-30-28-15-6-8-17-33(28)39-36(30)35(29)38/h2-19,21-23H,20H2,1H3/t23-/m1/s1. The van der Waals surface area contributed by atoms with Gasteiger partial charge in [0.15, 0.2) is 0 Å². The van der Waals surface area contributed by atoms with E-state index in [0.717, 1.165) is 17.9 Å². The first-order valence-electron chi connectivity index (χ1n) is 13.5. The maximum Gasteiger partial charge on any atom is 0.138 e. The van der Waals surface area contributed by atoms with Crippen molar-refractivity contribution < 1.29 is 0 Å². The van der Waals surface area contributed by atoms with Crippen LogP contribution < -0.4 is 0 Å². The molecular weight excluding hydrogens is 492 g/mol. The fourth-order valence-electron chi connectivity index (χ4n) is 6.10. The summed E-state index contributed by atoms with van der Waals surface area (Å²) in [6.07, 6.45) is 7.68. The molecule has 1 aliphatic carbocycles. The lowest BCUT2D eigenvalue weighted by molar-refractivity contribution is 0.746. The van der Waals surface area contributed by atoms with Crippen molar-refractivity contribution in [3.05, 3.63) is 127 Å². The minimum Gasteiger partial charge on any atom is -0.292 e. The fraction of sp³-hybridized carbons (Fsp3) is 0.0833. The average molecular weight is 519 g/mol. The van der Waals surface area contributed by atoms with Crippen LogP contribution in [0.2, 0.25) is 0 Å². The summed E-state index contributed by atoms with van der Waals surface area (Å²) in [5.74, 6) is 1.47. The molecule has 0 N–H and O–H groups in total. The number of allylic oxidation sites excluding steroid dienone is 4. The van der Waals surface area contributed by atoms with Crippen LogP contribution in [0, 0.1) is 5.92 Å². The van der Waals surface area contributed by atoms with Crippen molar-refractivity contribution >= 4 is 58.9 Å². The Balaban J connectivity index is 1.50. The van der Waals surface area contributed by atoms with Gasteiger partial charge in [-0.25, -0.2) is 4.98 Å². The van der Waals surface area contributed by atoms with Crippen molar-refractivity contribution in [3.63, 3.8) is 0 Å². The highest BCUT2D eigenvalue weighted by Crippen LogP contribution is 2.43. The van der Waals surface area contributed by atoms with E-state index in [0.29, 0.717) is 5.92 Å². The highest BCUT2D eigenvalue weighted by atomic mass is 32.1. The van der Waals surface area contributed by atoms with Crippen molar-refractivity contribution in [2.24, 2.45) is 5.92 Å². The molecule has 8 rings (SSSR count). The Bertz CT molecular complexity index is 2110. The summed E-state index contributed by atoms with van der Waals surface area (Å²) in [6.45, 7) is 2.27. The van der Waals surface area contributed by atoms with E-state index in [1.54, 1.807) is 0 Å². The van der Waals surface area contributed by atoms with Crippen molar-refractivity contribution in [2.45, 2.75) is 13.3 Å². The van der Waals surface area contributed by atoms with Crippen LogP contribution >= 0.6 is 11.3 Å². The molecule has 2 nitrogen and oxygen atoms in total. The van der Waals surface area contributed by atoms with E-state index in [1.807, 2.05) is 11.3 Å². The quantitative estimate of drug-likeness (QED) is 0.227. The zero-order valence-corrected chi connectivity index (χ0v) is 22.5. The van der Waals surface area contributed by atoms with E-state index in [9.17, 15) is 0 Å². The van der Waals surface area contributed by atoms with Crippen molar-refractivity contribution in [1.82, 2.24) is 9.55 Å². The molecule has 39 heavy (non-hydrogen) atoms. The van der Waals surface area contributed by atoms with Gasteiger partial charge in [0, 0.05) is 26.2 Å². The predicted molar refractivity (Wildman–Crippen MR) is 168 cm³/mol. The van der Waals surface area contributed by atoms with Gasteiger partial charge >= 0.3 is 0 Å². The van der Waals surface area contributed by atoms with Crippen molar-refractivity contribution in [3.8, 4) is 16.9 Å². The molecule has 0 aliphatic heterocycles. The molecule has 0 radical (unpaired) electrons. The third-order valence-electron chi connectivity index (χ3n) is 7.94. The molecule has 0 saturated carbocycles.